The first-order valence-electron chi connectivity index (χ1n) is 10.7. The molecule has 2 aromatic carbocycles. The van der Waals surface area contributed by atoms with E-state index in [-0.39, 0.29) is 12.4 Å². The first-order chi connectivity index (χ1) is 17.2. The fourth-order valence-corrected chi connectivity index (χ4v) is 4.83. The Morgan fingerprint density at radius 3 is 2.64 bits per heavy atom. The highest BCUT2D eigenvalue weighted by molar-refractivity contribution is 9.10. The number of ether oxygens (including phenoxy) is 5. The van der Waals surface area contributed by atoms with E-state index in [1.165, 1.54) is 13.4 Å². The molecule has 8 nitrogen and oxygen atoms in total. The third kappa shape index (κ3) is 4.24. The van der Waals surface area contributed by atoms with Crippen molar-refractivity contribution in [1.29, 1.82) is 0 Å². The first-order valence-corrected chi connectivity index (χ1v) is 11.9. The summed E-state index contributed by atoms with van der Waals surface area (Å²) in [4.78, 5) is 8.63. The summed E-state index contributed by atoms with van der Waals surface area (Å²) in [6, 6.07) is 8.70. The molecule has 0 bridgehead atoms. The summed E-state index contributed by atoms with van der Waals surface area (Å²) in [5, 5.41) is 4.37. The molecule has 1 aromatic heterocycles. The van der Waals surface area contributed by atoms with Crippen LogP contribution in [0.25, 0.3) is 10.9 Å². The lowest BCUT2D eigenvalue weighted by Crippen LogP contribution is -2.56. The number of hydrogen-bond acceptors (Lipinski definition) is 8. The molecule has 3 aromatic rings. The molecule has 3 heterocycles. The molecule has 2 fully saturated rings. The predicted molar refractivity (Wildman–Crippen MR) is 128 cm³/mol. The molecule has 2 aliphatic rings. The Morgan fingerprint density at radius 2 is 1.94 bits per heavy atom. The molecule has 2 aliphatic heterocycles. The zero-order valence-electron chi connectivity index (χ0n) is 18.9. The van der Waals surface area contributed by atoms with Crippen LogP contribution in [0.1, 0.15) is 0 Å². The number of hydrogen-bond donors (Lipinski definition) is 1. The predicted octanol–water partition coefficient (Wildman–Crippen LogP) is 5.29. The van der Waals surface area contributed by atoms with Gasteiger partial charge in [-0.05, 0) is 40.2 Å². The minimum Gasteiger partial charge on any atom is -0.493 e. The van der Waals surface area contributed by atoms with Crippen molar-refractivity contribution in [2.45, 2.75) is 30.1 Å². The number of alkyl halides is 3. The molecule has 5 rings (SSSR count). The molecule has 4 atom stereocenters. The van der Waals surface area contributed by atoms with Gasteiger partial charge in [-0.15, -0.1) is 0 Å². The van der Waals surface area contributed by atoms with Gasteiger partial charge in [-0.3, -0.25) is 0 Å². The van der Waals surface area contributed by atoms with E-state index in [0.717, 1.165) is 11.6 Å². The summed E-state index contributed by atoms with van der Waals surface area (Å²) in [5.74, 6) is 1.12. The van der Waals surface area contributed by atoms with E-state index >= 15 is 0 Å². The Kier molecular flexibility index (Phi) is 6.66. The summed E-state index contributed by atoms with van der Waals surface area (Å²) in [6.45, 7) is -0.794. The zero-order valence-corrected chi connectivity index (χ0v) is 21.3. The number of anilines is 2. The average molecular weight is 591 g/mol. The van der Waals surface area contributed by atoms with Crippen molar-refractivity contribution in [1.82, 2.24) is 9.97 Å². The van der Waals surface area contributed by atoms with Crippen LogP contribution in [0.5, 0.6) is 11.5 Å². The third-order valence-electron chi connectivity index (χ3n) is 6.28. The number of benzene rings is 2. The highest BCUT2D eigenvalue weighted by atomic mass is 79.9. The van der Waals surface area contributed by atoms with Crippen molar-refractivity contribution in [3.05, 3.63) is 46.2 Å². The van der Waals surface area contributed by atoms with Gasteiger partial charge in [0.1, 0.15) is 24.4 Å². The Balaban J connectivity index is 1.43. The monoisotopic (exact) mass is 589 g/mol. The number of fused-ring (bicyclic) bond motifs is 2. The van der Waals surface area contributed by atoms with Gasteiger partial charge in [-0.2, -0.15) is 13.2 Å². The van der Waals surface area contributed by atoms with E-state index in [2.05, 4.69) is 31.2 Å². The molecular weight excluding hydrogens is 571 g/mol. The molecule has 1 N–H and O–H groups in total. The van der Waals surface area contributed by atoms with Crippen LogP contribution in [0.2, 0.25) is 5.02 Å². The number of rotatable bonds is 6. The van der Waals surface area contributed by atoms with Crippen LogP contribution in [0.4, 0.5) is 24.7 Å². The third-order valence-corrected chi connectivity index (χ3v) is 7.51. The van der Waals surface area contributed by atoms with Crippen LogP contribution in [-0.4, -0.2) is 67.5 Å². The smallest absolute Gasteiger partial charge is 0.422 e. The molecule has 2 saturated heterocycles. The molecule has 0 aliphatic carbocycles. The van der Waals surface area contributed by atoms with E-state index in [1.54, 1.807) is 24.3 Å². The van der Waals surface area contributed by atoms with Crippen molar-refractivity contribution in [2.75, 3.05) is 32.8 Å². The average Bonchev–Trinajstić information content (AvgIpc) is 3.42. The van der Waals surface area contributed by atoms with Crippen molar-refractivity contribution >= 4 is 49.9 Å². The summed E-state index contributed by atoms with van der Waals surface area (Å²) >= 11 is 9.55. The summed E-state index contributed by atoms with van der Waals surface area (Å²) < 4.78 is 69.4. The van der Waals surface area contributed by atoms with Gasteiger partial charge in [0, 0.05) is 28.7 Å². The topological polar surface area (TPSA) is 84.0 Å². The van der Waals surface area contributed by atoms with Crippen LogP contribution in [0.3, 0.4) is 0 Å². The van der Waals surface area contributed by atoms with Crippen LogP contribution in [0, 0.1) is 0 Å². The highest BCUT2D eigenvalue weighted by Gasteiger charge is 2.70. The lowest BCUT2D eigenvalue weighted by Gasteiger charge is -2.32. The largest absolute Gasteiger partial charge is 0.493 e. The fourth-order valence-electron chi connectivity index (χ4n) is 4.40. The summed E-state index contributed by atoms with van der Waals surface area (Å²) in [7, 11) is 2.45. The van der Waals surface area contributed by atoms with Gasteiger partial charge in [0.2, 0.25) is 5.60 Å². The van der Waals surface area contributed by atoms with Gasteiger partial charge < -0.3 is 29.0 Å². The molecule has 192 valence electrons. The molecule has 0 unspecified atom stereocenters. The van der Waals surface area contributed by atoms with E-state index in [4.69, 9.17) is 35.3 Å². The number of aromatic nitrogens is 2. The Morgan fingerprint density at radius 1 is 1.14 bits per heavy atom. The van der Waals surface area contributed by atoms with Gasteiger partial charge in [0.25, 0.3) is 0 Å². The van der Waals surface area contributed by atoms with Gasteiger partial charge in [-0.1, -0.05) is 11.6 Å². The van der Waals surface area contributed by atoms with E-state index in [9.17, 15) is 13.2 Å². The number of halogens is 5. The Hall–Kier alpha value is -2.38. The maximum absolute atomic E-state index is 13.8. The quantitative estimate of drug-likeness (QED) is 0.415. The van der Waals surface area contributed by atoms with Crippen LogP contribution < -0.4 is 14.8 Å². The number of nitrogens with zero attached hydrogens (tertiary/aromatic N) is 2. The standard InChI is InChI=1S/C23H20BrClF3N3O5/c1-32-16-6-12-15(29-10-30-21(12)31-11-3-4-13(24)14(25)5-11)7-17(16)36-18-8-34-20-19(18)35-9-22(20,33-2)23(26,27)28/h3-7,10,18-20H,8-9H2,1-2H3,(H,29,30,31)/t18-,19+,20-,22+/m1/s1. The highest BCUT2D eigenvalue weighted by Crippen LogP contribution is 2.47. The Bertz CT molecular complexity index is 1300. The lowest BCUT2D eigenvalue weighted by atomic mass is 9.95. The Labute approximate surface area is 217 Å². The molecule has 36 heavy (non-hydrogen) atoms. The number of methoxy groups -OCH3 is 2. The second-order valence-electron chi connectivity index (χ2n) is 8.27. The molecule has 0 amide bonds. The van der Waals surface area contributed by atoms with E-state index < -0.39 is 36.7 Å². The van der Waals surface area contributed by atoms with Crippen molar-refractivity contribution < 1.29 is 36.9 Å². The minimum absolute atomic E-state index is 0.112. The number of nitrogens with one attached hydrogen (secondary N) is 1. The minimum atomic E-state index is -4.67. The van der Waals surface area contributed by atoms with Gasteiger partial charge >= 0.3 is 6.18 Å². The van der Waals surface area contributed by atoms with Crippen molar-refractivity contribution in [2.24, 2.45) is 0 Å². The second kappa shape index (κ2) is 9.49. The zero-order chi connectivity index (χ0) is 25.7. The van der Waals surface area contributed by atoms with Crippen molar-refractivity contribution in [3.63, 3.8) is 0 Å². The van der Waals surface area contributed by atoms with Crippen LogP contribution >= 0.6 is 27.5 Å². The van der Waals surface area contributed by atoms with Crippen LogP contribution in [0.15, 0.2) is 41.1 Å². The maximum atomic E-state index is 13.8. The van der Waals surface area contributed by atoms with Gasteiger partial charge in [0.15, 0.2) is 17.6 Å². The van der Waals surface area contributed by atoms with E-state index in [0.29, 0.717) is 33.2 Å². The molecule has 0 radical (unpaired) electrons. The van der Waals surface area contributed by atoms with Gasteiger partial charge in [0.05, 0.1) is 30.9 Å². The second-order valence-corrected chi connectivity index (χ2v) is 9.54. The normalized spacial score (nSPS) is 25.7. The van der Waals surface area contributed by atoms with Gasteiger partial charge in [-0.25, -0.2) is 9.97 Å². The molecular formula is C23H20BrClF3N3O5. The molecule has 13 heteroatoms. The molecule has 0 saturated carbocycles. The fraction of sp³-hybridized carbons (Fsp3) is 0.391. The van der Waals surface area contributed by atoms with Crippen molar-refractivity contribution in [3.8, 4) is 11.5 Å². The SMILES string of the molecule is COc1cc2c(Nc3ccc(Br)c(Cl)c3)ncnc2cc1O[C@@H]1CO[C@@H]2[C@H]1OC[C@@]2(OC)C(F)(F)F. The maximum Gasteiger partial charge on any atom is 0.422 e. The lowest BCUT2D eigenvalue weighted by molar-refractivity contribution is -0.291. The van der Waals surface area contributed by atoms with Crippen LogP contribution in [-0.2, 0) is 14.2 Å². The molecule has 0 spiro atoms. The summed E-state index contributed by atoms with van der Waals surface area (Å²) in [5.41, 5.74) is -1.32. The first kappa shape index (κ1) is 25.3. The van der Waals surface area contributed by atoms with E-state index in [1.807, 2.05) is 6.07 Å². The summed E-state index contributed by atoms with van der Waals surface area (Å²) in [6.07, 6.45) is -6.43.